The SMILES string of the molecule is CC(c1ccccc1F)N(C)C(=O)C1(C#N)CCCCC1. The number of nitriles is 1. The van der Waals surface area contributed by atoms with E-state index in [0.717, 1.165) is 19.3 Å². The van der Waals surface area contributed by atoms with Crippen molar-refractivity contribution in [2.75, 3.05) is 7.05 Å². The standard InChI is InChI=1S/C17H21FN2O/c1-13(14-8-4-5-9-15(14)18)20(2)16(21)17(12-19)10-6-3-7-11-17/h4-5,8-9,13H,3,6-7,10-11H2,1-2H3. The van der Waals surface area contributed by atoms with E-state index in [2.05, 4.69) is 6.07 Å². The highest BCUT2D eigenvalue weighted by Gasteiger charge is 2.42. The van der Waals surface area contributed by atoms with Crippen molar-refractivity contribution < 1.29 is 9.18 Å². The van der Waals surface area contributed by atoms with Gasteiger partial charge in [0.15, 0.2) is 0 Å². The summed E-state index contributed by atoms with van der Waals surface area (Å²) in [6.45, 7) is 1.80. The van der Waals surface area contributed by atoms with Gasteiger partial charge in [-0.15, -0.1) is 0 Å². The second kappa shape index (κ2) is 6.26. The Morgan fingerprint density at radius 2 is 1.95 bits per heavy atom. The van der Waals surface area contributed by atoms with Crippen LogP contribution in [0, 0.1) is 22.6 Å². The predicted molar refractivity (Wildman–Crippen MR) is 78.7 cm³/mol. The number of carbonyl (C=O) groups excluding carboxylic acids is 1. The average Bonchev–Trinajstić information content (AvgIpc) is 2.54. The maximum Gasteiger partial charge on any atom is 0.243 e. The third kappa shape index (κ3) is 2.92. The minimum absolute atomic E-state index is 0.180. The molecule has 1 aliphatic carbocycles. The fraction of sp³-hybridized carbons (Fsp3) is 0.529. The average molecular weight is 288 g/mol. The van der Waals surface area contributed by atoms with Crippen LogP contribution < -0.4 is 0 Å². The van der Waals surface area contributed by atoms with Crippen LogP contribution in [0.25, 0.3) is 0 Å². The van der Waals surface area contributed by atoms with E-state index in [4.69, 9.17) is 0 Å². The van der Waals surface area contributed by atoms with Gasteiger partial charge in [-0.25, -0.2) is 4.39 Å². The lowest BCUT2D eigenvalue weighted by molar-refractivity contribution is -0.141. The van der Waals surface area contributed by atoms with E-state index in [1.165, 1.54) is 11.0 Å². The second-order valence-electron chi connectivity index (χ2n) is 5.87. The van der Waals surface area contributed by atoms with Gasteiger partial charge in [-0.3, -0.25) is 4.79 Å². The van der Waals surface area contributed by atoms with Crippen molar-refractivity contribution in [3.8, 4) is 6.07 Å². The first-order valence-corrected chi connectivity index (χ1v) is 7.45. The quantitative estimate of drug-likeness (QED) is 0.848. The summed E-state index contributed by atoms with van der Waals surface area (Å²) in [4.78, 5) is 14.3. The molecule has 1 saturated carbocycles. The molecular weight excluding hydrogens is 267 g/mol. The van der Waals surface area contributed by atoms with Crippen molar-refractivity contribution >= 4 is 5.91 Å². The van der Waals surface area contributed by atoms with Crippen molar-refractivity contribution in [3.63, 3.8) is 0 Å². The number of amides is 1. The van der Waals surface area contributed by atoms with Crippen LogP contribution >= 0.6 is 0 Å². The van der Waals surface area contributed by atoms with Gasteiger partial charge in [0.2, 0.25) is 5.91 Å². The summed E-state index contributed by atoms with van der Waals surface area (Å²) < 4.78 is 13.9. The van der Waals surface area contributed by atoms with Gasteiger partial charge in [-0.05, 0) is 25.8 Å². The monoisotopic (exact) mass is 288 g/mol. The van der Waals surface area contributed by atoms with Crippen LogP contribution in [0.4, 0.5) is 4.39 Å². The van der Waals surface area contributed by atoms with Crippen molar-refractivity contribution in [2.45, 2.75) is 45.1 Å². The van der Waals surface area contributed by atoms with Gasteiger partial charge in [0.25, 0.3) is 0 Å². The lowest BCUT2D eigenvalue weighted by Crippen LogP contribution is -2.43. The fourth-order valence-electron chi connectivity index (χ4n) is 3.06. The van der Waals surface area contributed by atoms with E-state index in [0.29, 0.717) is 18.4 Å². The molecule has 1 unspecified atom stereocenters. The second-order valence-corrected chi connectivity index (χ2v) is 5.87. The van der Waals surface area contributed by atoms with Crippen LogP contribution in [0.3, 0.4) is 0 Å². The summed E-state index contributed by atoms with van der Waals surface area (Å²) in [6, 6.07) is 8.32. The summed E-state index contributed by atoms with van der Waals surface area (Å²) in [6.07, 6.45) is 4.10. The number of hydrogen-bond acceptors (Lipinski definition) is 2. The predicted octanol–water partition coefficient (Wildman–Crippen LogP) is 3.82. The highest BCUT2D eigenvalue weighted by atomic mass is 19.1. The maximum atomic E-state index is 13.9. The van der Waals surface area contributed by atoms with Crippen molar-refractivity contribution in [3.05, 3.63) is 35.6 Å². The zero-order valence-corrected chi connectivity index (χ0v) is 12.6. The van der Waals surface area contributed by atoms with Crippen LogP contribution in [-0.2, 0) is 4.79 Å². The Kier molecular flexibility index (Phi) is 4.62. The Bertz CT molecular complexity index is 558. The van der Waals surface area contributed by atoms with Crippen LogP contribution in [0.2, 0.25) is 0 Å². The van der Waals surface area contributed by atoms with Crippen LogP contribution in [-0.4, -0.2) is 17.9 Å². The number of carbonyl (C=O) groups is 1. The molecule has 0 saturated heterocycles. The Morgan fingerprint density at radius 1 is 1.33 bits per heavy atom. The van der Waals surface area contributed by atoms with Gasteiger partial charge < -0.3 is 4.90 Å². The van der Waals surface area contributed by atoms with Crippen LogP contribution in [0.15, 0.2) is 24.3 Å². The molecule has 0 aliphatic heterocycles. The molecule has 0 radical (unpaired) electrons. The van der Waals surface area contributed by atoms with E-state index in [-0.39, 0.29) is 17.8 Å². The number of nitrogens with zero attached hydrogens (tertiary/aromatic N) is 2. The molecule has 0 aromatic heterocycles. The maximum absolute atomic E-state index is 13.9. The molecule has 0 spiro atoms. The van der Waals surface area contributed by atoms with Gasteiger partial charge in [0, 0.05) is 12.6 Å². The fourth-order valence-corrected chi connectivity index (χ4v) is 3.06. The van der Waals surface area contributed by atoms with Crippen molar-refractivity contribution in [1.29, 1.82) is 5.26 Å². The van der Waals surface area contributed by atoms with Gasteiger partial charge in [0.1, 0.15) is 11.2 Å². The molecule has 1 atom stereocenters. The normalized spacial score (nSPS) is 18.6. The van der Waals surface area contributed by atoms with Crippen molar-refractivity contribution in [2.24, 2.45) is 5.41 Å². The minimum atomic E-state index is -0.924. The molecule has 0 bridgehead atoms. The zero-order chi connectivity index (χ0) is 15.5. The first kappa shape index (κ1) is 15.5. The summed E-state index contributed by atoms with van der Waals surface area (Å²) in [5, 5.41) is 9.50. The highest BCUT2D eigenvalue weighted by molar-refractivity contribution is 5.85. The molecule has 21 heavy (non-hydrogen) atoms. The summed E-state index contributed by atoms with van der Waals surface area (Å²) >= 11 is 0. The molecule has 1 aromatic carbocycles. The van der Waals surface area contributed by atoms with Crippen molar-refractivity contribution in [1.82, 2.24) is 4.90 Å². The van der Waals surface area contributed by atoms with E-state index in [9.17, 15) is 14.4 Å². The molecule has 4 heteroatoms. The Morgan fingerprint density at radius 3 is 2.52 bits per heavy atom. The topological polar surface area (TPSA) is 44.1 Å². The molecule has 112 valence electrons. The number of rotatable bonds is 3. The van der Waals surface area contributed by atoms with Gasteiger partial charge in [-0.2, -0.15) is 5.26 Å². The van der Waals surface area contributed by atoms with E-state index in [1.54, 1.807) is 32.2 Å². The lowest BCUT2D eigenvalue weighted by atomic mass is 9.74. The first-order valence-electron chi connectivity index (χ1n) is 7.45. The molecule has 3 nitrogen and oxygen atoms in total. The van der Waals surface area contributed by atoms with Gasteiger partial charge >= 0.3 is 0 Å². The first-order chi connectivity index (χ1) is 10.0. The lowest BCUT2D eigenvalue weighted by Gasteiger charge is -2.36. The highest BCUT2D eigenvalue weighted by Crippen LogP contribution is 2.38. The van der Waals surface area contributed by atoms with Crippen LogP contribution in [0.1, 0.15) is 50.6 Å². The third-order valence-corrected chi connectivity index (χ3v) is 4.59. The largest absolute Gasteiger partial charge is 0.338 e. The molecule has 1 aromatic rings. The Labute approximate surface area is 125 Å². The third-order valence-electron chi connectivity index (χ3n) is 4.59. The smallest absolute Gasteiger partial charge is 0.243 e. The molecular formula is C17H21FN2O. The zero-order valence-electron chi connectivity index (χ0n) is 12.6. The molecule has 1 fully saturated rings. The number of benzene rings is 1. The van der Waals surface area contributed by atoms with Gasteiger partial charge in [0.05, 0.1) is 12.1 Å². The minimum Gasteiger partial charge on any atom is -0.338 e. The number of hydrogen-bond donors (Lipinski definition) is 0. The van der Waals surface area contributed by atoms with Crippen LogP contribution in [0.5, 0.6) is 0 Å². The Balaban J connectivity index is 2.22. The Hall–Kier alpha value is -1.89. The molecule has 1 amide bonds. The molecule has 0 heterocycles. The van der Waals surface area contributed by atoms with E-state index >= 15 is 0 Å². The summed E-state index contributed by atoms with van der Waals surface area (Å²) in [5.74, 6) is -0.500. The molecule has 2 rings (SSSR count). The summed E-state index contributed by atoms with van der Waals surface area (Å²) in [7, 11) is 1.66. The summed E-state index contributed by atoms with van der Waals surface area (Å²) in [5.41, 5.74) is -0.441. The van der Waals surface area contributed by atoms with E-state index < -0.39 is 5.41 Å². The molecule has 1 aliphatic rings. The van der Waals surface area contributed by atoms with E-state index in [1.807, 2.05) is 0 Å². The van der Waals surface area contributed by atoms with Gasteiger partial charge in [-0.1, -0.05) is 37.5 Å². The molecule has 0 N–H and O–H groups in total. The number of halogens is 1.